The third kappa shape index (κ3) is 5.11. The molecule has 0 aliphatic heterocycles. The van der Waals surface area contributed by atoms with E-state index in [1.54, 1.807) is 32.0 Å². The Kier molecular flexibility index (Phi) is 6.80. The van der Waals surface area contributed by atoms with Gasteiger partial charge in [-0.25, -0.2) is 13.1 Å². The van der Waals surface area contributed by atoms with Crippen LogP contribution in [0.5, 0.6) is 0 Å². The lowest BCUT2D eigenvalue weighted by Gasteiger charge is -2.15. The van der Waals surface area contributed by atoms with Gasteiger partial charge < -0.3 is 11.1 Å². The predicted molar refractivity (Wildman–Crippen MR) is 83.4 cm³/mol. The monoisotopic (exact) mass is 313 g/mol. The Morgan fingerprint density at radius 1 is 1.33 bits per heavy atom. The summed E-state index contributed by atoms with van der Waals surface area (Å²) >= 11 is 0. The Bertz CT molecular complexity index is 573. The van der Waals surface area contributed by atoms with E-state index < -0.39 is 10.0 Å². The van der Waals surface area contributed by atoms with E-state index in [0.29, 0.717) is 18.7 Å². The van der Waals surface area contributed by atoms with Gasteiger partial charge in [0.1, 0.15) is 4.90 Å². The number of benzene rings is 1. The lowest BCUT2D eigenvalue weighted by Crippen LogP contribution is -2.26. The Labute approximate surface area is 126 Å². The van der Waals surface area contributed by atoms with Crippen molar-refractivity contribution in [3.05, 3.63) is 24.3 Å². The summed E-state index contributed by atoms with van der Waals surface area (Å²) in [6.07, 6.45) is 1.43. The molecule has 1 amide bonds. The first-order valence-corrected chi connectivity index (χ1v) is 8.50. The van der Waals surface area contributed by atoms with Crippen molar-refractivity contribution in [3.63, 3.8) is 0 Å². The molecule has 0 bridgehead atoms. The number of rotatable bonds is 8. The van der Waals surface area contributed by atoms with E-state index >= 15 is 0 Å². The van der Waals surface area contributed by atoms with E-state index in [1.807, 2.05) is 0 Å². The lowest BCUT2D eigenvalue weighted by atomic mass is 10.0. The topological polar surface area (TPSA) is 101 Å². The molecule has 6 nitrogen and oxygen atoms in total. The molecule has 0 saturated carbocycles. The van der Waals surface area contributed by atoms with Gasteiger partial charge in [0.05, 0.1) is 5.69 Å². The molecule has 1 aromatic carbocycles. The zero-order valence-electron chi connectivity index (χ0n) is 12.4. The van der Waals surface area contributed by atoms with Crippen molar-refractivity contribution in [2.24, 2.45) is 11.7 Å². The Balaban J connectivity index is 2.92. The van der Waals surface area contributed by atoms with Gasteiger partial charge >= 0.3 is 0 Å². The minimum Gasteiger partial charge on any atom is -0.330 e. The first-order chi connectivity index (χ1) is 9.92. The van der Waals surface area contributed by atoms with Crippen LogP contribution in [0.3, 0.4) is 0 Å². The molecule has 0 spiro atoms. The van der Waals surface area contributed by atoms with Gasteiger partial charge in [-0.1, -0.05) is 26.0 Å². The van der Waals surface area contributed by atoms with Gasteiger partial charge in [0, 0.05) is 12.5 Å². The van der Waals surface area contributed by atoms with Gasteiger partial charge in [-0.05, 0) is 31.5 Å². The summed E-state index contributed by atoms with van der Waals surface area (Å²) in [5.41, 5.74) is 5.72. The molecule has 21 heavy (non-hydrogen) atoms. The number of nitrogens with two attached hydrogens (primary N) is 1. The van der Waals surface area contributed by atoms with Gasteiger partial charge in [-0.2, -0.15) is 0 Å². The number of anilines is 1. The molecule has 1 rings (SSSR count). The van der Waals surface area contributed by atoms with Crippen molar-refractivity contribution < 1.29 is 13.2 Å². The third-order valence-corrected chi connectivity index (χ3v) is 4.66. The van der Waals surface area contributed by atoms with Crippen molar-refractivity contribution in [2.75, 3.05) is 18.4 Å². The van der Waals surface area contributed by atoms with Crippen LogP contribution in [-0.4, -0.2) is 27.4 Å². The number of amides is 1. The highest BCUT2D eigenvalue weighted by molar-refractivity contribution is 7.89. The molecule has 0 fully saturated rings. The first-order valence-electron chi connectivity index (χ1n) is 7.02. The third-order valence-electron chi connectivity index (χ3n) is 3.06. The molecular weight excluding hydrogens is 290 g/mol. The van der Waals surface area contributed by atoms with E-state index in [-0.39, 0.29) is 23.3 Å². The van der Waals surface area contributed by atoms with Crippen LogP contribution in [0.2, 0.25) is 0 Å². The summed E-state index contributed by atoms with van der Waals surface area (Å²) in [6, 6.07) is 6.36. The number of hydrogen-bond acceptors (Lipinski definition) is 4. The van der Waals surface area contributed by atoms with E-state index in [9.17, 15) is 13.2 Å². The fourth-order valence-corrected chi connectivity index (χ4v) is 3.08. The quantitative estimate of drug-likeness (QED) is 0.673. The lowest BCUT2D eigenvalue weighted by molar-refractivity contribution is -0.119. The smallest absolute Gasteiger partial charge is 0.242 e. The highest BCUT2D eigenvalue weighted by Crippen LogP contribution is 2.21. The van der Waals surface area contributed by atoms with Crippen LogP contribution < -0.4 is 15.8 Å². The van der Waals surface area contributed by atoms with Crippen LogP contribution in [0.15, 0.2) is 29.2 Å². The van der Waals surface area contributed by atoms with Crippen molar-refractivity contribution >= 4 is 21.6 Å². The molecule has 0 radical (unpaired) electrons. The fourth-order valence-electron chi connectivity index (χ4n) is 1.88. The Morgan fingerprint density at radius 2 is 2.00 bits per heavy atom. The first kappa shape index (κ1) is 17.6. The molecule has 0 heterocycles. The highest BCUT2D eigenvalue weighted by atomic mass is 32.2. The van der Waals surface area contributed by atoms with Crippen molar-refractivity contribution in [1.82, 2.24) is 4.72 Å². The van der Waals surface area contributed by atoms with Gasteiger partial charge in [-0.15, -0.1) is 0 Å². The van der Waals surface area contributed by atoms with Crippen LogP contribution in [0.25, 0.3) is 0 Å². The molecule has 0 saturated heterocycles. The van der Waals surface area contributed by atoms with Crippen molar-refractivity contribution in [1.29, 1.82) is 0 Å². The van der Waals surface area contributed by atoms with Crippen LogP contribution in [0.1, 0.15) is 26.7 Å². The SMILES string of the molecule is CCNS(=O)(=O)c1ccccc1NC(=O)C(C)CCCN. The average Bonchev–Trinajstić information content (AvgIpc) is 2.45. The van der Waals surface area contributed by atoms with Gasteiger partial charge in [0.15, 0.2) is 0 Å². The standard InChI is InChI=1S/C14H23N3O3S/c1-3-16-21(19,20)13-9-5-4-8-12(13)17-14(18)11(2)7-6-10-15/h4-5,8-9,11,16H,3,6-7,10,15H2,1-2H3,(H,17,18). The van der Waals surface area contributed by atoms with Crippen molar-refractivity contribution in [3.8, 4) is 0 Å². The van der Waals surface area contributed by atoms with Crippen LogP contribution >= 0.6 is 0 Å². The van der Waals surface area contributed by atoms with Gasteiger partial charge in [0.2, 0.25) is 15.9 Å². The fraction of sp³-hybridized carbons (Fsp3) is 0.500. The van der Waals surface area contributed by atoms with Crippen LogP contribution in [-0.2, 0) is 14.8 Å². The Hall–Kier alpha value is -1.44. The number of sulfonamides is 1. The minimum absolute atomic E-state index is 0.0752. The molecule has 4 N–H and O–H groups in total. The number of nitrogens with one attached hydrogen (secondary N) is 2. The summed E-state index contributed by atoms with van der Waals surface area (Å²) in [6.45, 7) is 4.32. The van der Waals surface area contributed by atoms with E-state index in [4.69, 9.17) is 5.73 Å². The predicted octanol–water partition coefficient (Wildman–Crippen LogP) is 1.30. The summed E-state index contributed by atoms with van der Waals surface area (Å²) in [4.78, 5) is 12.2. The molecule has 7 heteroatoms. The maximum absolute atomic E-state index is 12.1. The molecular formula is C14H23N3O3S. The average molecular weight is 313 g/mol. The van der Waals surface area contributed by atoms with E-state index in [0.717, 1.165) is 6.42 Å². The van der Waals surface area contributed by atoms with E-state index in [1.165, 1.54) is 6.07 Å². The van der Waals surface area contributed by atoms with Crippen molar-refractivity contribution in [2.45, 2.75) is 31.6 Å². The van der Waals surface area contributed by atoms with Gasteiger partial charge in [0.25, 0.3) is 0 Å². The zero-order chi connectivity index (χ0) is 15.9. The summed E-state index contributed by atoms with van der Waals surface area (Å²) in [5.74, 6) is -0.425. The minimum atomic E-state index is -3.61. The summed E-state index contributed by atoms with van der Waals surface area (Å²) in [7, 11) is -3.61. The molecule has 118 valence electrons. The number of carbonyl (C=O) groups excluding carboxylic acids is 1. The molecule has 1 atom stereocenters. The largest absolute Gasteiger partial charge is 0.330 e. The zero-order valence-corrected chi connectivity index (χ0v) is 13.2. The number of hydrogen-bond donors (Lipinski definition) is 3. The van der Waals surface area contributed by atoms with Crippen LogP contribution in [0.4, 0.5) is 5.69 Å². The number of para-hydroxylation sites is 1. The highest BCUT2D eigenvalue weighted by Gasteiger charge is 2.20. The second kappa shape index (κ2) is 8.11. The summed E-state index contributed by atoms with van der Waals surface area (Å²) < 4.78 is 26.6. The summed E-state index contributed by atoms with van der Waals surface area (Å²) in [5, 5.41) is 2.68. The van der Waals surface area contributed by atoms with Crippen LogP contribution in [0, 0.1) is 5.92 Å². The maximum Gasteiger partial charge on any atom is 0.242 e. The second-order valence-electron chi connectivity index (χ2n) is 4.82. The second-order valence-corrected chi connectivity index (χ2v) is 6.55. The maximum atomic E-state index is 12.1. The van der Waals surface area contributed by atoms with Gasteiger partial charge in [-0.3, -0.25) is 4.79 Å². The molecule has 1 unspecified atom stereocenters. The molecule has 0 aliphatic rings. The molecule has 1 aromatic rings. The van der Waals surface area contributed by atoms with E-state index in [2.05, 4.69) is 10.0 Å². The molecule has 0 aliphatic carbocycles. The normalized spacial score (nSPS) is 12.9. The molecule has 0 aromatic heterocycles. The number of carbonyl (C=O) groups is 1. The Morgan fingerprint density at radius 3 is 2.62 bits per heavy atom.